The highest BCUT2D eigenvalue weighted by Gasteiger charge is 2.31. The smallest absolute Gasteiger partial charge is 0.396 e. The van der Waals surface area contributed by atoms with Crippen molar-refractivity contribution in [1.82, 2.24) is 4.90 Å². The standard InChI is InChI=1S/C17H22F3NO2/c1-12(14-3-2-4-15(10-14)17(18,19)20)9-16(23)21-7-5-13(11-22)6-8-21/h2-4,10,12-13,22H,5-9,11H2,1H3. The van der Waals surface area contributed by atoms with Gasteiger partial charge in [0, 0.05) is 26.1 Å². The van der Waals surface area contributed by atoms with Gasteiger partial charge in [-0.05, 0) is 36.3 Å². The van der Waals surface area contributed by atoms with E-state index < -0.39 is 11.7 Å². The van der Waals surface area contributed by atoms with Crippen molar-refractivity contribution in [3.05, 3.63) is 35.4 Å². The number of aliphatic hydroxyl groups excluding tert-OH is 1. The summed E-state index contributed by atoms with van der Waals surface area (Å²) >= 11 is 0. The second kappa shape index (κ2) is 7.34. The van der Waals surface area contributed by atoms with Crippen LogP contribution < -0.4 is 0 Å². The largest absolute Gasteiger partial charge is 0.416 e. The minimum Gasteiger partial charge on any atom is -0.396 e. The van der Waals surface area contributed by atoms with Gasteiger partial charge in [-0.25, -0.2) is 0 Å². The number of carbonyl (C=O) groups excluding carboxylic acids is 1. The van der Waals surface area contributed by atoms with E-state index in [9.17, 15) is 18.0 Å². The Morgan fingerprint density at radius 2 is 2.00 bits per heavy atom. The lowest BCUT2D eigenvalue weighted by molar-refractivity contribution is -0.137. The molecule has 0 bridgehead atoms. The average Bonchev–Trinajstić information content (AvgIpc) is 2.54. The zero-order valence-corrected chi connectivity index (χ0v) is 13.1. The van der Waals surface area contributed by atoms with E-state index in [1.54, 1.807) is 17.9 Å². The first-order valence-electron chi connectivity index (χ1n) is 7.87. The summed E-state index contributed by atoms with van der Waals surface area (Å²) in [4.78, 5) is 14.0. The van der Waals surface area contributed by atoms with Crippen molar-refractivity contribution in [3.63, 3.8) is 0 Å². The first kappa shape index (κ1) is 17.8. The monoisotopic (exact) mass is 329 g/mol. The van der Waals surface area contributed by atoms with Crippen molar-refractivity contribution in [3.8, 4) is 0 Å². The molecule has 1 N–H and O–H groups in total. The molecule has 0 aromatic heterocycles. The number of rotatable bonds is 4. The maximum absolute atomic E-state index is 12.8. The highest BCUT2D eigenvalue weighted by Crippen LogP contribution is 2.32. The lowest BCUT2D eigenvalue weighted by atomic mass is 9.93. The number of hydrogen-bond acceptors (Lipinski definition) is 2. The number of nitrogens with zero attached hydrogens (tertiary/aromatic N) is 1. The summed E-state index contributed by atoms with van der Waals surface area (Å²) in [7, 11) is 0. The molecule has 0 aliphatic carbocycles. The molecule has 1 amide bonds. The van der Waals surface area contributed by atoms with Gasteiger partial charge in [-0.15, -0.1) is 0 Å². The third-order valence-corrected chi connectivity index (χ3v) is 4.49. The van der Waals surface area contributed by atoms with Gasteiger partial charge in [-0.2, -0.15) is 13.2 Å². The van der Waals surface area contributed by atoms with Crippen molar-refractivity contribution >= 4 is 5.91 Å². The molecule has 1 fully saturated rings. The zero-order valence-electron chi connectivity index (χ0n) is 13.1. The van der Waals surface area contributed by atoms with Crippen LogP contribution in [0.25, 0.3) is 0 Å². The van der Waals surface area contributed by atoms with Gasteiger partial charge in [0.15, 0.2) is 0 Å². The first-order chi connectivity index (χ1) is 10.8. The Morgan fingerprint density at radius 1 is 1.35 bits per heavy atom. The molecule has 1 unspecified atom stereocenters. The van der Waals surface area contributed by atoms with Gasteiger partial charge < -0.3 is 10.0 Å². The van der Waals surface area contributed by atoms with Gasteiger partial charge in [0.1, 0.15) is 0 Å². The van der Waals surface area contributed by atoms with Crippen LogP contribution in [-0.2, 0) is 11.0 Å². The lowest BCUT2D eigenvalue weighted by Gasteiger charge is -2.32. The van der Waals surface area contributed by atoms with Crippen molar-refractivity contribution in [1.29, 1.82) is 0 Å². The fraction of sp³-hybridized carbons (Fsp3) is 0.588. The molecule has 23 heavy (non-hydrogen) atoms. The summed E-state index contributed by atoms with van der Waals surface area (Å²) in [5.74, 6) is -0.0494. The second-order valence-corrected chi connectivity index (χ2v) is 6.24. The summed E-state index contributed by atoms with van der Waals surface area (Å²) in [6.07, 6.45) is -2.61. The number of hydrogen-bond donors (Lipinski definition) is 1. The number of carbonyl (C=O) groups is 1. The van der Waals surface area contributed by atoms with Crippen LogP contribution >= 0.6 is 0 Å². The predicted molar refractivity (Wildman–Crippen MR) is 80.9 cm³/mol. The predicted octanol–water partition coefficient (Wildman–Crippen LogP) is 3.43. The molecule has 128 valence electrons. The van der Waals surface area contributed by atoms with E-state index in [-0.39, 0.29) is 30.8 Å². The number of alkyl halides is 3. The van der Waals surface area contributed by atoms with Gasteiger partial charge in [-0.3, -0.25) is 4.79 Å². The minimum atomic E-state index is -4.37. The van der Waals surface area contributed by atoms with Gasteiger partial charge in [-0.1, -0.05) is 25.1 Å². The third-order valence-electron chi connectivity index (χ3n) is 4.49. The molecule has 1 aromatic rings. The number of likely N-dealkylation sites (tertiary alicyclic amines) is 1. The molecule has 1 saturated heterocycles. The summed E-state index contributed by atoms with van der Waals surface area (Å²) < 4.78 is 38.3. The normalized spacial score (nSPS) is 18.0. The molecule has 0 radical (unpaired) electrons. The fourth-order valence-corrected chi connectivity index (χ4v) is 2.90. The Morgan fingerprint density at radius 3 is 2.57 bits per heavy atom. The molecule has 1 aliphatic heterocycles. The van der Waals surface area contributed by atoms with Crippen molar-refractivity contribution in [2.75, 3.05) is 19.7 Å². The number of amides is 1. The van der Waals surface area contributed by atoms with Crippen LogP contribution in [0, 0.1) is 5.92 Å². The molecular formula is C17H22F3NO2. The lowest BCUT2D eigenvalue weighted by Crippen LogP contribution is -2.39. The van der Waals surface area contributed by atoms with Crippen molar-refractivity contribution in [2.45, 2.75) is 38.3 Å². The van der Waals surface area contributed by atoms with Gasteiger partial charge in [0.25, 0.3) is 0 Å². The number of piperidine rings is 1. The molecule has 6 heteroatoms. The van der Waals surface area contributed by atoms with E-state index in [2.05, 4.69) is 0 Å². The van der Waals surface area contributed by atoms with Crippen LogP contribution in [0.4, 0.5) is 13.2 Å². The molecule has 1 heterocycles. The molecule has 1 aliphatic rings. The van der Waals surface area contributed by atoms with Gasteiger partial charge in [0.2, 0.25) is 5.91 Å². The zero-order chi connectivity index (χ0) is 17.0. The summed E-state index contributed by atoms with van der Waals surface area (Å²) in [5, 5.41) is 9.11. The molecule has 3 nitrogen and oxygen atoms in total. The van der Waals surface area contributed by atoms with E-state index in [1.807, 2.05) is 0 Å². The van der Waals surface area contributed by atoms with Crippen LogP contribution in [-0.4, -0.2) is 35.6 Å². The Kier molecular flexibility index (Phi) is 5.68. The number of halogens is 3. The number of aliphatic hydroxyl groups is 1. The minimum absolute atomic E-state index is 0.0358. The Labute approximate surface area is 134 Å². The molecule has 1 aromatic carbocycles. The van der Waals surface area contributed by atoms with Gasteiger partial charge in [0.05, 0.1) is 5.56 Å². The molecular weight excluding hydrogens is 307 g/mol. The van der Waals surface area contributed by atoms with Gasteiger partial charge >= 0.3 is 6.18 Å². The topological polar surface area (TPSA) is 40.5 Å². The Hall–Kier alpha value is -1.56. The van der Waals surface area contributed by atoms with E-state index in [1.165, 1.54) is 6.07 Å². The van der Waals surface area contributed by atoms with Crippen LogP contribution in [0.2, 0.25) is 0 Å². The summed E-state index contributed by atoms with van der Waals surface area (Å²) in [5.41, 5.74) is -0.156. The first-order valence-corrected chi connectivity index (χ1v) is 7.87. The third kappa shape index (κ3) is 4.70. The highest BCUT2D eigenvalue weighted by molar-refractivity contribution is 5.77. The highest BCUT2D eigenvalue weighted by atomic mass is 19.4. The molecule has 0 saturated carbocycles. The van der Waals surface area contributed by atoms with E-state index >= 15 is 0 Å². The molecule has 1 atom stereocenters. The van der Waals surface area contributed by atoms with E-state index in [0.717, 1.165) is 25.0 Å². The van der Waals surface area contributed by atoms with E-state index in [0.29, 0.717) is 18.7 Å². The Bertz CT molecular complexity index is 537. The quantitative estimate of drug-likeness (QED) is 0.919. The van der Waals surface area contributed by atoms with Crippen molar-refractivity contribution < 1.29 is 23.1 Å². The number of benzene rings is 1. The SMILES string of the molecule is CC(CC(=O)N1CCC(CO)CC1)c1cccc(C(F)(F)F)c1. The van der Waals surface area contributed by atoms with Crippen LogP contribution in [0.15, 0.2) is 24.3 Å². The van der Waals surface area contributed by atoms with Crippen molar-refractivity contribution in [2.24, 2.45) is 5.92 Å². The summed E-state index contributed by atoms with van der Waals surface area (Å²) in [6, 6.07) is 5.17. The molecule has 0 spiro atoms. The molecule has 2 rings (SSSR count). The maximum Gasteiger partial charge on any atom is 0.416 e. The van der Waals surface area contributed by atoms with E-state index in [4.69, 9.17) is 5.11 Å². The Balaban J connectivity index is 1.96. The van der Waals surface area contributed by atoms with Crippen LogP contribution in [0.5, 0.6) is 0 Å². The fourth-order valence-electron chi connectivity index (χ4n) is 2.90. The van der Waals surface area contributed by atoms with Crippen LogP contribution in [0.1, 0.15) is 43.2 Å². The average molecular weight is 329 g/mol. The summed E-state index contributed by atoms with van der Waals surface area (Å²) in [6.45, 7) is 3.13. The van der Waals surface area contributed by atoms with Crippen LogP contribution in [0.3, 0.4) is 0 Å². The maximum atomic E-state index is 12.8. The second-order valence-electron chi connectivity index (χ2n) is 6.24.